The summed E-state index contributed by atoms with van der Waals surface area (Å²) in [6, 6.07) is 12.8. The molecule has 2 aromatic rings. The van der Waals surface area contributed by atoms with Crippen molar-refractivity contribution in [1.29, 1.82) is 0 Å². The smallest absolute Gasteiger partial charge is 0.153 e. The van der Waals surface area contributed by atoms with Crippen LogP contribution in [0.2, 0.25) is 0 Å². The van der Waals surface area contributed by atoms with E-state index in [2.05, 4.69) is 69.2 Å². The molecule has 2 aromatic carbocycles. The van der Waals surface area contributed by atoms with Crippen LogP contribution >= 0.6 is 0 Å². The van der Waals surface area contributed by atoms with E-state index in [-0.39, 0.29) is 22.0 Å². The van der Waals surface area contributed by atoms with Crippen molar-refractivity contribution in [2.75, 3.05) is 0 Å². The Morgan fingerprint density at radius 1 is 0.676 bits per heavy atom. The second kappa shape index (κ2) is 12.2. The van der Waals surface area contributed by atoms with E-state index in [1.54, 1.807) is 24.3 Å². The van der Waals surface area contributed by atoms with E-state index in [4.69, 9.17) is 4.79 Å². The standard InChI is InChI=1S/C15H22O2.C14H22O.CH2O/c1-14(2,3)10-15(4,5)12-6-7-13(17)11(8-12)9-16;1-13(2,3)10-14(4,5)11-6-8-12(15)9-7-11;1-2/h6-9,17H,10H2,1-5H3;6-9,15H,10H2,1-5H3;1H2. The highest BCUT2D eigenvalue weighted by molar-refractivity contribution is 5.79. The minimum atomic E-state index is -0.0102. The quantitative estimate of drug-likeness (QED) is 0.436. The molecule has 34 heavy (non-hydrogen) atoms. The number of benzene rings is 2. The number of phenols is 2. The molecule has 190 valence electrons. The molecule has 0 bridgehead atoms. The van der Waals surface area contributed by atoms with Gasteiger partial charge in [-0.3, -0.25) is 4.79 Å². The van der Waals surface area contributed by atoms with Gasteiger partial charge in [0, 0.05) is 0 Å². The van der Waals surface area contributed by atoms with Crippen LogP contribution < -0.4 is 0 Å². The highest BCUT2D eigenvalue weighted by Crippen LogP contribution is 2.38. The van der Waals surface area contributed by atoms with E-state index in [0.717, 1.165) is 18.4 Å². The molecule has 0 aliphatic rings. The Morgan fingerprint density at radius 2 is 1.06 bits per heavy atom. The number of rotatable bonds is 5. The summed E-state index contributed by atoms with van der Waals surface area (Å²) in [5.41, 5.74) is 3.44. The van der Waals surface area contributed by atoms with Crippen molar-refractivity contribution in [3.63, 3.8) is 0 Å². The van der Waals surface area contributed by atoms with Gasteiger partial charge in [-0.05, 0) is 69.9 Å². The van der Waals surface area contributed by atoms with Gasteiger partial charge in [0.1, 0.15) is 18.3 Å². The van der Waals surface area contributed by atoms with Crippen molar-refractivity contribution >= 4 is 13.1 Å². The molecule has 4 heteroatoms. The van der Waals surface area contributed by atoms with Crippen molar-refractivity contribution in [1.82, 2.24) is 0 Å². The van der Waals surface area contributed by atoms with Crippen LogP contribution in [0.4, 0.5) is 0 Å². The van der Waals surface area contributed by atoms with Crippen LogP contribution in [0.15, 0.2) is 42.5 Å². The normalized spacial score (nSPS) is 12.1. The number of hydrogen-bond donors (Lipinski definition) is 2. The van der Waals surface area contributed by atoms with Crippen LogP contribution in [0.5, 0.6) is 11.5 Å². The largest absolute Gasteiger partial charge is 0.508 e. The molecule has 0 saturated carbocycles. The van der Waals surface area contributed by atoms with Crippen molar-refractivity contribution in [2.45, 2.75) is 92.9 Å². The molecule has 0 saturated heterocycles. The molecule has 0 aliphatic carbocycles. The van der Waals surface area contributed by atoms with E-state index in [0.29, 0.717) is 23.0 Å². The maximum atomic E-state index is 10.8. The molecule has 4 nitrogen and oxygen atoms in total. The van der Waals surface area contributed by atoms with Gasteiger partial charge in [0.25, 0.3) is 0 Å². The van der Waals surface area contributed by atoms with E-state index < -0.39 is 0 Å². The van der Waals surface area contributed by atoms with Gasteiger partial charge in [-0.15, -0.1) is 0 Å². The third kappa shape index (κ3) is 11.0. The van der Waals surface area contributed by atoms with Gasteiger partial charge >= 0.3 is 0 Å². The van der Waals surface area contributed by atoms with Crippen LogP contribution in [0.3, 0.4) is 0 Å². The Labute approximate surface area is 207 Å². The first-order chi connectivity index (χ1) is 15.4. The maximum Gasteiger partial charge on any atom is 0.153 e. The molecule has 0 aromatic heterocycles. The number of carbonyl (C=O) groups excluding carboxylic acids is 2. The highest BCUT2D eigenvalue weighted by Gasteiger charge is 2.28. The molecule has 0 amide bonds. The average molecular weight is 471 g/mol. The molecular formula is C30H46O4. The fraction of sp³-hybridized carbons (Fsp3) is 0.533. The molecule has 0 atom stereocenters. The van der Waals surface area contributed by atoms with Gasteiger partial charge in [0.05, 0.1) is 5.56 Å². The Morgan fingerprint density at radius 3 is 1.44 bits per heavy atom. The molecule has 0 radical (unpaired) electrons. The minimum absolute atomic E-state index is 0.0102. The second-order valence-electron chi connectivity index (χ2n) is 12.7. The van der Waals surface area contributed by atoms with Crippen LogP contribution in [0.1, 0.15) is 104 Å². The number of aldehydes is 1. The molecule has 0 unspecified atom stereocenters. The SMILES string of the molecule is C=O.CC(C)(C)CC(C)(C)c1ccc(O)c(C=O)c1.CC(C)(C)CC(C)(C)c1ccc(O)cc1. The lowest BCUT2D eigenvalue weighted by molar-refractivity contribution is -0.0980. The zero-order valence-electron chi connectivity index (χ0n) is 23.0. The predicted molar refractivity (Wildman–Crippen MR) is 143 cm³/mol. The Balaban J connectivity index is 0.000000601. The van der Waals surface area contributed by atoms with Gasteiger partial charge in [0.15, 0.2) is 6.29 Å². The third-order valence-electron chi connectivity index (χ3n) is 5.53. The second-order valence-corrected chi connectivity index (χ2v) is 12.7. The Bertz CT molecular complexity index is 895. The minimum Gasteiger partial charge on any atom is -0.508 e. The van der Waals surface area contributed by atoms with Crippen LogP contribution in [0.25, 0.3) is 0 Å². The van der Waals surface area contributed by atoms with Gasteiger partial charge in [-0.1, -0.05) is 87.4 Å². The van der Waals surface area contributed by atoms with Gasteiger partial charge in [-0.25, -0.2) is 0 Å². The number of phenolic OH excluding ortho intramolecular Hbond substituents is 2. The van der Waals surface area contributed by atoms with E-state index in [9.17, 15) is 15.0 Å². The fourth-order valence-corrected chi connectivity index (χ4v) is 4.84. The lowest BCUT2D eigenvalue weighted by atomic mass is 9.72. The summed E-state index contributed by atoms with van der Waals surface area (Å²) < 4.78 is 0. The topological polar surface area (TPSA) is 74.6 Å². The van der Waals surface area contributed by atoms with Gasteiger partial charge < -0.3 is 15.0 Å². The summed E-state index contributed by atoms with van der Waals surface area (Å²) in [5.74, 6) is 0.389. The lowest BCUT2D eigenvalue weighted by Crippen LogP contribution is -2.24. The first kappa shape index (κ1) is 31.4. The first-order valence-corrected chi connectivity index (χ1v) is 11.7. The summed E-state index contributed by atoms with van der Waals surface area (Å²) in [7, 11) is 0. The fourth-order valence-electron chi connectivity index (χ4n) is 4.84. The monoisotopic (exact) mass is 470 g/mol. The molecule has 0 fully saturated rings. The van der Waals surface area contributed by atoms with Crippen LogP contribution in [-0.4, -0.2) is 23.3 Å². The maximum absolute atomic E-state index is 10.8. The molecule has 2 rings (SSSR count). The summed E-state index contributed by atoms with van der Waals surface area (Å²) in [5, 5.41) is 18.8. The highest BCUT2D eigenvalue weighted by atomic mass is 16.3. The summed E-state index contributed by atoms with van der Waals surface area (Å²) >= 11 is 0. The molecule has 0 heterocycles. The van der Waals surface area contributed by atoms with Crippen molar-refractivity contribution in [2.24, 2.45) is 10.8 Å². The first-order valence-electron chi connectivity index (χ1n) is 11.7. The molecule has 2 N–H and O–H groups in total. The van der Waals surface area contributed by atoms with Crippen molar-refractivity contribution in [3.05, 3.63) is 59.2 Å². The van der Waals surface area contributed by atoms with Crippen LogP contribution in [0, 0.1) is 10.8 Å². The van der Waals surface area contributed by atoms with E-state index >= 15 is 0 Å². The Kier molecular flexibility index (Phi) is 11.3. The van der Waals surface area contributed by atoms with Crippen molar-refractivity contribution in [3.8, 4) is 11.5 Å². The van der Waals surface area contributed by atoms with Crippen molar-refractivity contribution < 1.29 is 19.8 Å². The predicted octanol–water partition coefficient (Wildman–Crippen LogP) is 7.84. The lowest BCUT2D eigenvalue weighted by Gasteiger charge is -2.33. The van der Waals surface area contributed by atoms with Gasteiger partial charge in [0.2, 0.25) is 0 Å². The zero-order valence-corrected chi connectivity index (χ0v) is 23.0. The number of hydrogen-bond acceptors (Lipinski definition) is 4. The summed E-state index contributed by atoms with van der Waals surface area (Å²) in [4.78, 5) is 18.8. The number of aromatic hydroxyl groups is 2. The van der Waals surface area contributed by atoms with E-state index in [1.165, 1.54) is 5.56 Å². The zero-order chi connectivity index (χ0) is 27.0. The third-order valence-corrected chi connectivity index (χ3v) is 5.53. The average Bonchev–Trinajstić information content (AvgIpc) is 2.67. The Hall–Kier alpha value is -2.62. The molecule has 0 spiro atoms. The van der Waals surface area contributed by atoms with E-state index in [1.807, 2.05) is 25.0 Å². The molecular weight excluding hydrogens is 424 g/mol. The molecule has 0 aliphatic heterocycles. The summed E-state index contributed by atoms with van der Waals surface area (Å²) in [6.45, 7) is 24.2. The van der Waals surface area contributed by atoms with Crippen LogP contribution in [-0.2, 0) is 15.6 Å². The van der Waals surface area contributed by atoms with Gasteiger partial charge in [-0.2, -0.15) is 0 Å². The number of carbonyl (C=O) groups is 2. The summed E-state index contributed by atoms with van der Waals surface area (Å²) in [6.07, 6.45) is 2.85.